The maximum Gasteiger partial charge on any atom is 0.242 e. The van der Waals surface area contributed by atoms with Crippen LogP contribution in [0.4, 0.5) is 0 Å². The highest BCUT2D eigenvalue weighted by Crippen LogP contribution is 2.28. The minimum Gasteiger partial charge on any atom is -0.492 e. The van der Waals surface area contributed by atoms with Gasteiger partial charge in [0.1, 0.15) is 12.4 Å². The van der Waals surface area contributed by atoms with E-state index in [4.69, 9.17) is 9.47 Å². The van der Waals surface area contributed by atoms with E-state index < -0.39 is 0 Å². The maximum atomic E-state index is 13.4. The second kappa shape index (κ2) is 10.1. The molecular weight excluding hydrogens is 406 g/mol. The first-order chi connectivity index (χ1) is 15.5. The number of carbonyl (C=O) groups is 2. The van der Waals surface area contributed by atoms with Gasteiger partial charge in [-0.2, -0.15) is 0 Å². The largest absolute Gasteiger partial charge is 0.492 e. The molecule has 2 atom stereocenters. The zero-order valence-corrected chi connectivity index (χ0v) is 18.8. The van der Waals surface area contributed by atoms with E-state index in [0.29, 0.717) is 45.2 Å². The molecule has 0 spiro atoms. The van der Waals surface area contributed by atoms with Crippen molar-refractivity contribution in [3.63, 3.8) is 0 Å². The Morgan fingerprint density at radius 3 is 2.84 bits per heavy atom. The fourth-order valence-electron chi connectivity index (χ4n) is 4.31. The monoisotopic (exact) mass is 437 g/mol. The third-order valence-electron chi connectivity index (χ3n) is 5.86. The predicted octanol–water partition coefficient (Wildman–Crippen LogP) is 2.54. The van der Waals surface area contributed by atoms with Gasteiger partial charge in [-0.15, -0.1) is 0 Å². The zero-order chi connectivity index (χ0) is 22.5. The Labute approximate surface area is 189 Å². The van der Waals surface area contributed by atoms with Crippen molar-refractivity contribution in [1.82, 2.24) is 14.8 Å². The van der Waals surface area contributed by atoms with Crippen molar-refractivity contribution >= 4 is 11.8 Å². The molecule has 0 N–H and O–H groups in total. The molecule has 0 aliphatic carbocycles. The number of rotatable bonds is 6. The number of hydrogen-bond donors (Lipinski definition) is 0. The number of nitrogens with zero attached hydrogens (tertiary/aromatic N) is 3. The minimum absolute atomic E-state index is 0.0309. The molecule has 2 aromatic rings. The molecule has 2 aliphatic rings. The highest BCUT2D eigenvalue weighted by molar-refractivity contribution is 5.87. The molecule has 7 nitrogen and oxygen atoms in total. The molecule has 0 radical (unpaired) electrons. The van der Waals surface area contributed by atoms with Crippen LogP contribution in [0.2, 0.25) is 0 Å². The number of para-hydroxylation sites is 1. The first-order valence-electron chi connectivity index (χ1n) is 11.3. The van der Waals surface area contributed by atoms with Gasteiger partial charge in [-0.05, 0) is 35.6 Å². The molecule has 0 saturated carbocycles. The first kappa shape index (κ1) is 22.3. The Balaban J connectivity index is 1.47. The van der Waals surface area contributed by atoms with E-state index in [0.717, 1.165) is 16.9 Å². The van der Waals surface area contributed by atoms with Crippen molar-refractivity contribution in [1.29, 1.82) is 0 Å². The van der Waals surface area contributed by atoms with Gasteiger partial charge in [0.05, 0.1) is 25.2 Å². The summed E-state index contributed by atoms with van der Waals surface area (Å²) < 4.78 is 12.0. The zero-order valence-electron chi connectivity index (χ0n) is 18.8. The van der Waals surface area contributed by atoms with Crippen LogP contribution in [0.1, 0.15) is 25.0 Å². The van der Waals surface area contributed by atoms with Crippen LogP contribution in [0.15, 0.2) is 48.8 Å². The van der Waals surface area contributed by atoms with E-state index in [1.165, 1.54) is 0 Å². The van der Waals surface area contributed by atoms with E-state index in [-0.39, 0.29) is 30.4 Å². The quantitative estimate of drug-likeness (QED) is 0.695. The first-order valence-corrected chi connectivity index (χ1v) is 11.3. The number of aromatic nitrogens is 1. The molecule has 7 heteroatoms. The molecule has 3 heterocycles. The Hall–Kier alpha value is -2.93. The van der Waals surface area contributed by atoms with E-state index in [2.05, 4.69) is 18.8 Å². The van der Waals surface area contributed by atoms with Crippen molar-refractivity contribution in [3.05, 3.63) is 59.9 Å². The molecule has 2 aliphatic heterocycles. The second-order valence-electron chi connectivity index (χ2n) is 9.03. The van der Waals surface area contributed by atoms with Crippen LogP contribution in [0, 0.1) is 11.8 Å². The smallest absolute Gasteiger partial charge is 0.242 e. The molecule has 170 valence electrons. The lowest BCUT2D eigenvalue weighted by atomic mass is 9.95. The molecule has 1 aromatic heterocycles. The third-order valence-corrected chi connectivity index (χ3v) is 5.86. The summed E-state index contributed by atoms with van der Waals surface area (Å²) >= 11 is 0. The average molecular weight is 438 g/mol. The highest BCUT2D eigenvalue weighted by Gasteiger charge is 2.35. The highest BCUT2D eigenvalue weighted by atomic mass is 16.5. The summed E-state index contributed by atoms with van der Waals surface area (Å²) in [6.45, 7) is 6.49. The SMILES string of the molecule is CC(C)CN1C[C@@H](OCc2cccnc2)CN(C(=O)[C@@H]2COc3ccccc3C2)CC1=O. The lowest BCUT2D eigenvalue weighted by Gasteiger charge is -2.30. The van der Waals surface area contributed by atoms with Crippen LogP contribution in [0.5, 0.6) is 5.75 Å². The lowest BCUT2D eigenvalue weighted by molar-refractivity contribution is -0.142. The number of carbonyl (C=O) groups excluding carboxylic acids is 2. The molecule has 4 rings (SSSR count). The molecule has 32 heavy (non-hydrogen) atoms. The van der Waals surface area contributed by atoms with Crippen molar-refractivity contribution in [2.24, 2.45) is 11.8 Å². The number of fused-ring (bicyclic) bond motifs is 1. The number of amides is 2. The van der Waals surface area contributed by atoms with Crippen molar-refractivity contribution in [3.8, 4) is 5.75 Å². The van der Waals surface area contributed by atoms with Crippen LogP contribution in [0.3, 0.4) is 0 Å². The third kappa shape index (κ3) is 5.46. The Morgan fingerprint density at radius 2 is 2.06 bits per heavy atom. The molecule has 1 saturated heterocycles. The maximum absolute atomic E-state index is 13.4. The van der Waals surface area contributed by atoms with Gasteiger partial charge in [-0.1, -0.05) is 38.1 Å². The Kier molecular flexibility index (Phi) is 7.05. The van der Waals surface area contributed by atoms with Gasteiger partial charge in [0.15, 0.2) is 0 Å². The van der Waals surface area contributed by atoms with Crippen molar-refractivity contribution < 1.29 is 19.1 Å². The summed E-state index contributed by atoms with van der Waals surface area (Å²) in [7, 11) is 0. The molecule has 0 bridgehead atoms. The standard InChI is InChI=1S/C25H31N3O4/c1-18(2)12-27-13-22(31-16-19-6-5-9-26-11-19)14-28(15-24(27)29)25(30)21-10-20-7-3-4-8-23(20)32-17-21/h3-9,11,18,21-22H,10,12-17H2,1-2H3/t21-,22+/m0/s1. The van der Waals surface area contributed by atoms with Crippen molar-refractivity contribution in [2.45, 2.75) is 33.0 Å². The van der Waals surface area contributed by atoms with Gasteiger partial charge in [0.2, 0.25) is 11.8 Å². The average Bonchev–Trinajstić information content (AvgIpc) is 2.95. The van der Waals surface area contributed by atoms with Crippen LogP contribution >= 0.6 is 0 Å². The van der Waals surface area contributed by atoms with Crippen molar-refractivity contribution in [2.75, 3.05) is 32.8 Å². The normalized spacial score (nSPS) is 21.2. The van der Waals surface area contributed by atoms with E-state index >= 15 is 0 Å². The van der Waals surface area contributed by atoms with Gasteiger partial charge in [-0.3, -0.25) is 14.6 Å². The summed E-state index contributed by atoms with van der Waals surface area (Å²) in [4.78, 5) is 34.1. The fourth-order valence-corrected chi connectivity index (χ4v) is 4.31. The molecule has 1 fully saturated rings. The summed E-state index contributed by atoms with van der Waals surface area (Å²) in [5.41, 5.74) is 2.00. The lowest BCUT2D eigenvalue weighted by Crippen LogP contribution is -2.45. The van der Waals surface area contributed by atoms with E-state index in [1.54, 1.807) is 17.3 Å². The number of benzene rings is 1. The molecule has 1 aromatic carbocycles. The topological polar surface area (TPSA) is 72.0 Å². The van der Waals surface area contributed by atoms with Crippen LogP contribution in [-0.4, -0.2) is 65.5 Å². The Bertz CT molecular complexity index is 934. The van der Waals surface area contributed by atoms with Gasteiger partial charge in [0.25, 0.3) is 0 Å². The molecule has 0 unspecified atom stereocenters. The number of hydrogen-bond acceptors (Lipinski definition) is 5. The van der Waals surface area contributed by atoms with Crippen LogP contribution in [-0.2, 0) is 27.4 Å². The number of pyridine rings is 1. The minimum atomic E-state index is -0.298. The number of ether oxygens (including phenoxy) is 2. The van der Waals surface area contributed by atoms with E-state index in [1.807, 2.05) is 41.3 Å². The van der Waals surface area contributed by atoms with Crippen LogP contribution < -0.4 is 4.74 Å². The summed E-state index contributed by atoms with van der Waals surface area (Å²) in [5, 5.41) is 0. The summed E-state index contributed by atoms with van der Waals surface area (Å²) in [5.74, 6) is 0.798. The fraction of sp³-hybridized carbons (Fsp3) is 0.480. The molecule has 2 amide bonds. The van der Waals surface area contributed by atoms with E-state index in [9.17, 15) is 9.59 Å². The predicted molar refractivity (Wildman–Crippen MR) is 120 cm³/mol. The summed E-state index contributed by atoms with van der Waals surface area (Å²) in [6, 6.07) is 11.6. The summed E-state index contributed by atoms with van der Waals surface area (Å²) in [6.07, 6.45) is 3.86. The van der Waals surface area contributed by atoms with Gasteiger partial charge >= 0.3 is 0 Å². The van der Waals surface area contributed by atoms with Gasteiger partial charge in [0, 0.05) is 32.0 Å². The van der Waals surface area contributed by atoms with Gasteiger partial charge in [-0.25, -0.2) is 0 Å². The Morgan fingerprint density at radius 1 is 1.22 bits per heavy atom. The molecular formula is C25H31N3O4. The van der Waals surface area contributed by atoms with Crippen LogP contribution in [0.25, 0.3) is 0 Å². The van der Waals surface area contributed by atoms with Gasteiger partial charge < -0.3 is 19.3 Å². The second-order valence-corrected chi connectivity index (χ2v) is 9.03.